The maximum absolute atomic E-state index is 11.9. The number of morpholine rings is 1. The third kappa shape index (κ3) is 3.80. The van der Waals surface area contributed by atoms with Gasteiger partial charge in [0.25, 0.3) is 0 Å². The van der Waals surface area contributed by atoms with Crippen LogP contribution in [0.25, 0.3) is 10.9 Å². The van der Waals surface area contributed by atoms with Crippen LogP contribution in [0.2, 0.25) is 5.02 Å². The zero-order valence-corrected chi connectivity index (χ0v) is 13.1. The zero-order chi connectivity index (χ0) is 15.4. The standard InChI is InChI=1S/C16H20ClN3O2/c17-12-1-2-15-14(7-12)11(9-20-15)3-4-19-16(21)8-13-10-22-6-5-18-13/h1-2,7,9,13,18,20H,3-6,8,10H2,(H,19,21). The van der Waals surface area contributed by atoms with E-state index < -0.39 is 0 Å². The highest BCUT2D eigenvalue weighted by Gasteiger charge is 2.16. The van der Waals surface area contributed by atoms with E-state index in [0.29, 0.717) is 19.6 Å². The predicted octanol–water partition coefficient (Wildman–Crippen LogP) is 1.86. The highest BCUT2D eigenvalue weighted by Crippen LogP contribution is 2.22. The van der Waals surface area contributed by atoms with Crippen LogP contribution in [0.4, 0.5) is 0 Å². The maximum atomic E-state index is 11.9. The molecule has 0 radical (unpaired) electrons. The average Bonchev–Trinajstić information content (AvgIpc) is 2.91. The number of rotatable bonds is 5. The fourth-order valence-corrected chi connectivity index (χ4v) is 2.91. The highest BCUT2D eigenvalue weighted by molar-refractivity contribution is 6.31. The molecule has 1 amide bonds. The number of hydrogen-bond acceptors (Lipinski definition) is 3. The summed E-state index contributed by atoms with van der Waals surface area (Å²) < 4.78 is 5.35. The summed E-state index contributed by atoms with van der Waals surface area (Å²) in [6.45, 7) is 2.76. The van der Waals surface area contributed by atoms with Gasteiger partial charge in [-0.25, -0.2) is 0 Å². The van der Waals surface area contributed by atoms with E-state index in [9.17, 15) is 4.79 Å². The van der Waals surface area contributed by atoms with Crippen LogP contribution in [0.3, 0.4) is 0 Å². The quantitative estimate of drug-likeness (QED) is 0.787. The van der Waals surface area contributed by atoms with E-state index in [1.807, 2.05) is 24.4 Å². The molecule has 1 aliphatic heterocycles. The van der Waals surface area contributed by atoms with Crippen molar-refractivity contribution in [1.82, 2.24) is 15.6 Å². The number of aromatic amines is 1. The van der Waals surface area contributed by atoms with Crippen LogP contribution < -0.4 is 10.6 Å². The van der Waals surface area contributed by atoms with E-state index in [2.05, 4.69) is 15.6 Å². The van der Waals surface area contributed by atoms with Gasteiger partial charge in [-0.2, -0.15) is 0 Å². The molecule has 6 heteroatoms. The van der Waals surface area contributed by atoms with E-state index in [0.717, 1.165) is 41.1 Å². The second-order valence-electron chi connectivity index (χ2n) is 5.53. The molecule has 1 aromatic heterocycles. The van der Waals surface area contributed by atoms with Crippen molar-refractivity contribution in [3.05, 3.63) is 35.0 Å². The molecule has 1 unspecified atom stereocenters. The van der Waals surface area contributed by atoms with Crippen molar-refractivity contribution in [2.75, 3.05) is 26.3 Å². The molecule has 1 aromatic carbocycles. The van der Waals surface area contributed by atoms with Crippen LogP contribution in [0.1, 0.15) is 12.0 Å². The number of halogens is 1. The Hall–Kier alpha value is -1.56. The largest absolute Gasteiger partial charge is 0.378 e. The Morgan fingerprint density at radius 3 is 3.18 bits per heavy atom. The minimum Gasteiger partial charge on any atom is -0.378 e. The van der Waals surface area contributed by atoms with Crippen molar-refractivity contribution < 1.29 is 9.53 Å². The summed E-state index contributed by atoms with van der Waals surface area (Å²) in [5.74, 6) is 0.0564. The molecule has 0 spiro atoms. The molecule has 22 heavy (non-hydrogen) atoms. The second-order valence-corrected chi connectivity index (χ2v) is 5.97. The first-order valence-corrected chi connectivity index (χ1v) is 7.93. The van der Waals surface area contributed by atoms with Gasteiger partial charge in [0, 0.05) is 47.7 Å². The van der Waals surface area contributed by atoms with Gasteiger partial charge in [-0.05, 0) is 30.2 Å². The zero-order valence-electron chi connectivity index (χ0n) is 12.3. The van der Waals surface area contributed by atoms with Gasteiger partial charge in [0.1, 0.15) is 0 Å². The predicted molar refractivity (Wildman–Crippen MR) is 87.2 cm³/mol. The fourth-order valence-electron chi connectivity index (χ4n) is 2.74. The smallest absolute Gasteiger partial charge is 0.221 e. The summed E-state index contributed by atoms with van der Waals surface area (Å²) in [6.07, 6.45) is 3.21. The molecule has 2 heterocycles. The number of fused-ring (bicyclic) bond motifs is 1. The average molecular weight is 322 g/mol. The lowest BCUT2D eigenvalue weighted by molar-refractivity contribution is -0.122. The topological polar surface area (TPSA) is 66.2 Å². The minimum atomic E-state index is 0.0564. The van der Waals surface area contributed by atoms with Gasteiger partial charge in [0.15, 0.2) is 0 Å². The van der Waals surface area contributed by atoms with Crippen molar-refractivity contribution in [2.24, 2.45) is 0 Å². The third-order valence-corrected chi connectivity index (χ3v) is 4.11. The molecule has 118 valence electrons. The van der Waals surface area contributed by atoms with Crippen LogP contribution in [0.15, 0.2) is 24.4 Å². The van der Waals surface area contributed by atoms with Crippen LogP contribution in [-0.4, -0.2) is 43.2 Å². The van der Waals surface area contributed by atoms with E-state index >= 15 is 0 Å². The lowest BCUT2D eigenvalue weighted by atomic mass is 10.1. The van der Waals surface area contributed by atoms with Gasteiger partial charge in [-0.15, -0.1) is 0 Å². The first kappa shape index (κ1) is 15.3. The molecule has 1 fully saturated rings. The van der Waals surface area contributed by atoms with Crippen molar-refractivity contribution in [1.29, 1.82) is 0 Å². The molecule has 1 saturated heterocycles. The number of carbonyl (C=O) groups is 1. The molecule has 1 aliphatic rings. The first-order chi connectivity index (χ1) is 10.7. The molecule has 5 nitrogen and oxygen atoms in total. The molecule has 0 aliphatic carbocycles. The second kappa shape index (κ2) is 7.13. The van der Waals surface area contributed by atoms with Gasteiger partial charge in [0.2, 0.25) is 5.91 Å². The summed E-state index contributed by atoms with van der Waals surface area (Å²) >= 11 is 6.04. The van der Waals surface area contributed by atoms with Crippen LogP contribution in [0.5, 0.6) is 0 Å². The molecule has 0 saturated carbocycles. The number of nitrogens with one attached hydrogen (secondary N) is 3. The van der Waals surface area contributed by atoms with Crippen LogP contribution in [0, 0.1) is 0 Å². The molecular weight excluding hydrogens is 302 g/mol. The van der Waals surface area contributed by atoms with Gasteiger partial charge >= 0.3 is 0 Å². The van der Waals surface area contributed by atoms with Crippen molar-refractivity contribution in [2.45, 2.75) is 18.9 Å². The number of H-pyrrole nitrogens is 1. The summed E-state index contributed by atoms with van der Waals surface area (Å²) in [4.78, 5) is 15.1. The van der Waals surface area contributed by atoms with Gasteiger partial charge in [0.05, 0.1) is 13.2 Å². The molecule has 0 bridgehead atoms. The van der Waals surface area contributed by atoms with Crippen LogP contribution in [-0.2, 0) is 16.0 Å². The van der Waals surface area contributed by atoms with Crippen molar-refractivity contribution in [3.63, 3.8) is 0 Å². The Morgan fingerprint density at radius 1 is 1.45 bits per heavy atom. The van der Waals surface area contributed by atoms with Gasteiger partial charge in [-0.3, -0.25) is 4.79 Å². The summed E-state index contributed by atoms with van der Waals surface area (Å²) in [6, 6.07) is 5.91. The Bertz CT molecular complexity index is 650. The monoisotopic (exact) mass is 321 g/mol. The fraction of sp³-hybridized carbons (Fsp3) is 0.438. The summed E-state index contributed by atoms with van der Waals surface area (Å²) in [7, 11) is 0. The Labute approximate surface area is 134 Å². The number of benzene rings is 1. The molecule has 3 N–H and O–H groups in total. The first-order valence-electron chi connectivity index (χ1n) is 7.56. The molecule has 2 aromatic rings. The number of ether oxygens (including phenoxy) is 1. The number of carbonyl (C=O) groups excluding carboxylic acids is 1. The molecule has 1 atom stereocenters. The normalized spacial score (nSPS) is 18.5. The van der Waals surface area contributed by atoms with Crippen LogP contribution >= 0.6 is 11.6 Å². The third-order valence-electron chi connectivity index (χ3n) is 3.88. The van der Waals surface area contributed by atoms with Crippen molar-refractivity contribution >= 4 is 28.4 Å². The van der Waals surface area contributed by atoms with E-state index in [4.69, 9.17) is 16.3 Å². The number of aromatic nitrogens is 1. The number of hydrogen-bond donors (Lipinski definition) is 3. The lowest BCUT2D eigenvalue weighted by Gasteiger charge is -2.23. The van der Waals surface area contributed by atoms with E-state index in [1.54, 1.807) is 0 Å². The number of amides is 1. The summed E-state index contributed by atoms with van der Waals surface area (Å²) in [5, 5.41) is 8.08. The Morgan fingerprint density at radius 2 is 2.36 bits per heavy atom. The van der Waals surface area contributed by atoms with E-state index in [-0.39, 0.29) is 11.9 Å². The SMILES string of the molecule is O=C(CC1COCCN1)NCCc1c[nH]c2ccc(Cl)cc12. The highest BCUT2D eigenvalue weighted by atomic mass is 35.5. The van der Waals surface area contributed by atoms with E-state index in [1.165, 1.54) is 0 Å². The Balaban J connectivity index is 1.49. The molecule has 3 rings (SSSR count). The molecular formula is C16H20ClN3O2. The van der Waals surface area contributed by atoms with Crippen molar-refractivity contribution in [3.8, 4) is 0 Å². The summed E-state index contributed by atoms with van der Waals surface area (Å²) in [5.41, 5.74) is 2.23. The minimum absolute atomic E-state index is 0.0564. The Kier molecular flexibility index (Phi) is 4.97. The lowest BCUT2D eigenvalue weighted by Crippen LogP contribution is -2.44. The maximum Gasteiger partial charge on any atom is 0.221 e. The van der Waals surface area contributed by atoms with Gasteiger partial charge in [-0.1, -0.05) is 11.6 Å². The van der Waals surface area contributed by atoms with Gasteiger partial charge < -0.3 is 20.4 Å².